The number of rotatable bonds is 8. The van der Waals surface area contributed by atoms with Crippen molar-refractivity contribution in [2.24, 2.45) is 0 Å². The van der Waals surface area contributed by atoms with Gasteiger partial charge in [-0.3, -0.25) is 13.9 Å². The van der Waals surface area contributed by atoms with Crippen LogP contribution < -0.4 is 16.0 Å². The van der Waals surface area contributed by atoms with Gasteiger partial charge < -0.3 is 19.2 Å². The van der Waals surface area contributed by atoms with E-state index in [9.17, 15) is 9.59 Å². The van der Waals surface area contributed by atoms with Gasteiger partial charge in [-0.1, -0.05) is 18.2 Å². The number of nitrogens with one attached hydrogen (secondary N) is 1. The van der Waals surface area contributed by atoms with E-state index >= 15 is 0 Å². The zero-order valence-electron chi connectivity index (χ0n) is 19.9. The highest BCUT2D eigenvalue weighted by Crippen LogP contribution is 2.35. The van der Waals surface area contributed by atoms with Gasteiger partial charge in [0.15, 0.2) is 0 Å². The van der Waals surface area contributed by atoms with Gasteiger partial charge in [-0.15, -0.1) is 21.5 Å². The number of ether oxygens (including phenoxy) is 3. The second kappa shape index (κ2) is 10.7. The average Bonchev–Trinajstić information content (AvgIpc) is 3.52. The Morgan fingerprint density at radius 1 is 1.25 bits per heavy atom. The number of halogens is 1. The van der Waals surface area contributed by atoms with E-state index in [-0.39, 0.29) is 24.8 Å². The minimum atomic E-state index is -0.484. The molecule has 0 spiro atoms. The molecule has 12 heteroatoms. The van der Waals surface area contributed by atoms with Gasteiger partial charge in [-0.25, -0.2) is 4.79 Å². The number of benzene rings is 1. The molecule has 1 atom stereocenters. The second-order valence-electron chi connectivity index (χ2n) is 8.58. The number of methoxy groups -OCH3 is 1. The van der Waals surface area contributed by atoms with Crippen LogP contribution in [0, 0.1) is 6.92 Å². The Labute approximate surface area is 219 Å². The number of thiophene rings is 1. The van der Waals surface area contributed by atoms with Crippen LogP contribution in [0.25, 0.3) is 10.2 Å². The number of aromatic nitrogens is 5. The normalized spacial score (nSPS) is 15.4. The Bertz CT molecular complexity index is 1470. The lowest BCUT2D eigenvalue weighted by molar-refractivity contribution is -0.0753. The van der Waals surface area contributed by atoms with E-state index in [1.54, 1.807) is 11.7 Å². The molecule has 0 unspecified atom stereocenters. The van der Waals surface area contributed by atoms with Gasteiger partial charge in [0.2, 0.25) is 0 Å². The third-order valence-corrected chi connectivity index (χ3v) is 8.55. The first-order chi connectivity index (χ1) is 17.5. The highest BCUT2D eigenvalue weighted by atomic mass is 79.9. The van der Waals surface area contributed by atoms with Crippen molar-refractivity contribution in [1.82, 2.24) is 24.3 Å². The van der Waals surface area contributed by atoms with Gasteiger partial charge in [0, 0.05) is 18.8 Å². The van der Waals surface area contributed by atoms with Crippen LogP contribution in [0.2, 0.25) is 0 Å². The fourth-order valence-corrected chi connectivity index (χ4v) is 6.17. The van der Waals surface area contributed by atoms with E-state index in [4.69, 9.17) is 14.2 Å². The molecule has 0 bridgehead atoms. The number of hydrogen-bond donors (Lipinski definition) is 1. The van der Waals surface area contributed by atoms with E-state index in [0.29, 0.717) is 35.0 Å². The number of hydrogen-bond acceptors (Lipinski definition) is 8. The summed E-state index contributed by atoms with van der Waals surface area (Å²) in [6, 6.07) is 7.65. The third kappa shape index (κ3) is 4.77. The predicted molar refractivity (Wildman–Crippen MR) is 139 cm³/mol. The van der Waals surface area contributed by atoms with Crippen molar-refractivity contribution in [2.75, 3.05) is 20.3 Å². The number of aryl methyl sites for hydroxylation is 1. The molecule has 5 rings (SSSR count). The lowest BCUT2D eigenvalue weighted by Gasteiger charge is -2.29. The summed E-state index contributed by atoms with van der Waals surface area (Å²) in [7, 11) is 1.62. The van der Waals surface area contributed by atoms with Gasteiger partial charge in [0.05, 0.1) is 35.5 Å². The van der Waals surface area contributed by atoms with Crippen LogP contribution in [0.1, 0.15) is 35.9 Å². The first kappa shape index (κ1) is 24.9. The predicted octanol–water partition coefficient (Wildman–Crippen LogP) is 3.41. The Morgan fingerprint density at radius 2 is 2.03 bits per heavy atom. The summed E-state index contributed by atoms with van der Waals surface area (Å²) in [5.41, 5.74) is 0.834. The lowest BCUT2D eigenvalue weighted by atomic mass is 10.1. The molecular formula is C24H26BrN5O5S. The van der Waals surface area contributed by atoms with E-state index < -0.39 is 11.8 Å². The SMILES string of the molecule is COc1ccccc1[C@@H](Cn1c(=O)n(Cc2nnc[nH]2)c(=O)c2c(C)c(Br)sc21)OC1CCOCC1. The summed E-state index contributed by atoms with van der Waals surface area (Å²) in [4.78, 5) is 30.7. The van der Waals surface area contributed by atoms with Gasteiger partial charge in [-0.05, 0) is 47.3 Å². The maximum Gasteiger partial charge on any atom is 0.332 e. The summed E-state index contributed by atoms with van der Waals surface area (Å²) in [5.74, 6) is 1.10. The van der Waals surface area contributed by atoms with Gasteiger partial charge in [-0.2, -0.15) is 0 Å². The van der Waals surface area contributed by atoms with Crippen LogP contribution >= 0.6 is 27.3 Å². The molecule has 1 aromatic carbocycles. The molecule has 4 heterocycles. The monoisotopic (exact) mass is 575 g/mol. The maximum absolute atomic E-state index is 13.8. The molecule has 1 N–H and O–H groups in total. The highest BCUT2D eigenvalue weighted by molar-refractivity contribution is 9.11. The Balaban J connectivity index is 1.65. The van der Waals surface area contributed by atoms with Crippen LogP contribution in [0.15, 0.2) is 44.0 Å². The first-order valence-corrected chi connectivity index (χ1v) is 13.2. The number of aromatic amines is 1. The largest absolute Gasteiger partial charge is 0.496 e. The summed E-state index contributed by atoms with van der Waals surface area (Å²) in [6.45, 7) is 3.32. The van der Waals surface area contributed by atoms with Gasteiger partial charge in [0.25, 0.3) is 5.56 Å². The van der Waals surface area contributed by atoms with Crippen molar-refractivity contribution < 1.29 is 14.2 Å². The van der Waals surface area contributed by atoms with Crippen molar-refractivity contribution in [3.8, 4) is 5.75 Å². The minimum absolute atomic E-state index is 0.0132. The van der Waals surface area contributed by atoms with E-state index in [1.807, 2.05) is 31.2 Å². The molecule has 1 fully saturated rings. The second-order valence-corrected chi connectivity index (χ2v) is 10.9. The van der Waals surface area contributed by atoms with Crippen molar-refractivity contribution in [3.05, 3.63) is 72.2 Å². The van der Waals surface area contributed by atoms with Crippen molar-refractivity contribution in [3.63, 3.8) is 0 Å². The number of fused-ring (bicyclic) bond motifs is 1. The van der Waals surface area contributed by atoms with E-state index in [2.05, 4.69) is 31.1 Å². The van der Waals surface area contributed by atoms with Crippen LogP contribution in [-0.2, 0) is 22.6 Å². The molecule has 190 valence electrons. The molecule has 0 radical (unpaired) electrons. The highest BCUT2D eigenvalue weighted by Gasteiger charge is 2.27. The summed E-state index contributed by atoms with van der Waals surface area (Å²) in [6.07, 6.45) is 2.46. The Kier molecular flexibility index (Phi) is 7.37. The Hall–Kier alpha value is -2.80. The van der Waals surface area contributed by atoms with Crippen LogP contribution in [0.5, 0.6) is 5.75 Å². The number of nitrogens with zero attached hydrogens (tertiary/aromatic N) is 4. The van der Waals surface area contributed by atoms with Crippen LogP contribution in [-0.4, -0.2) is 50.7 Å². The van der Waals surface area contributed by atoms with Crippen molar-refractivity contribution in [1.29, 1.82) is 0 Å². The zero-order chi connectivity index (χ0) is 25.2. The molecule has 10 nitrogen and oxygen atoms in total. The molecule has 4 aromatic rings. The van der Waals surface area contributed by atoms with E-state index in [1.165, 1.54) is 22.2 Å². The van der Waals surface area contributed by atoms with Crippen LogP contribution in [0.4, 0.5) is 0 Å². The maximum atomic E-state index is 13.8. The van der Waals surface area contributed by atoms with Crippen LogP contribution in [0.3, 0.4) is 0 Å². The molecule has 1 saturated heterocycles. The quantitative estimate of drug-likeness (QED) is 0.342. The molecular weight excluding hydrogens is 550 g/mol. The number of H-pyrrole nitrogens is 1. The van der Waals surface area contributed by atoms with Gasteiger partial charge >= 0.3 is 5.69 Å². The topological polar surface area (TPSA) is 113 Å². The lowest BCUT2D eigenvalue weighted by Crippen LogP contribution is -2.41. The van der Waals surface area contributed by atoms with Crippen molar-refractivity contribution >= 4 is 37.5 Å². The summed E-state index contributed by atoms with van der Waals surface area (Å²) >= 11 is 4.93. The molecule has 36 heavy (non-hydrogen) atoms. The smallest absolute Gasteiger partial charge is 0.332 e. The summed E-state index contributed by atoms with van der Waals surface area (Å²) in [5, 5.41) is 8.24. The molecule has 0 amide bonds. The standard InChI is InChI=1S/C24H26BrN5O5S/c1-14-20-22(31)29(12-19-26-13-27-28-19)24(32)30(23(20)36-21(14)25)11-18(35-15-7-9-34-10-8-15)16-5-3-4-6-17(16)33-2/h3-6,13,15,18H,7-12H2,1-2H3,(H,26,27,28)/t18-/m1/s1. The Morgan fingerprint density at radius 3 is 2.75 bits per heavy atom. The first-order valence-electron chi connectivity index (χ1n) is 11.6. The molecule has 0 aliphatic carbocycles. The van der Waals surface area contributed by atoms with E-state index in [0.717, 1.165) is 27.8 Å². The fourth-order valence-electron chi connectivity index (χ4n) is 4.48. The molecule has 3 aromatic heterocycles. The van der Waals surface area contributed by atoms with Crippen molar-refractivity contribution in [2.45, 2.75) is 45.1 Å². The third-order valence-electron chi connectivity index (χ3n) is 6.37. The zero-order valence-corrected chi connectivity index (χ0v) is 22.3. The summed E-state index contributed by atoms with van der Waals surface area (Å²) < 4.78 is 21.4. The van der Waals surface area contributed by atoms with Gasteiger partial charge in [0.1, 0.15) is 28.8 Å². The number of para-hydroxylation sites is 1. The molecule has 1 aliphatic heterocycles. The molecule has 1 aliphatic rings. The fraction of sp³-hybridized carbons (Fsp3) is 0.417. The molecule has 0 saturated carbocycles. The minimum Gasteiger partial charge on any atom is -0.496 e. The average molecular weight is 576 g/mol.